The molecule has 0 aliphatic carbocycles. The molecule has 0 unspecified atom stereocenters. The van der Waals surface area contributed by atoms with E-state index in [2.05, 4.69) is 14.9 Å². The van der Waals surface area contributed by atoms with Crippen LogP contribution >= 0.6 is 0 Å². The fourth-order valence-electron chi connectivity index (χ4n) is 1.79. The monoisotopic (exact) mass is 216 g/mol. The minimum Gasteiger partial charge on any atom is -0.481 e. The predicted octanol–water partition coefficient (Wildman–Crippen LogP) is 2.16. The van der Waals surface area contributed by atoms with Gasteiger partial charge in [0.25, 0.3) is 0 Å². The maximum Gasteiger partial charge on any atom is 0.250 e. The summed E-state index contributed by atoms with van der Waals surface area (Å²) in [4.78, 5) is 7.77. The quantitative estimate of drug-likeness (QED) is 0.722. The van der Waals surface area contributed by atoms with Gasteiger partial charge in [0.05, 0.1) is 19.9 Å². The van der Waals surface area contributed by atoms with Crippen LogP contribution in [0.2, 0.25) is 0 Å². The molecule has 5 nitrogen and oxygen atoms in total. The van der Waals surface area contributed by atoms with E-state index in [4.69, 9.17) is 11.3 Å². The van der Waals surface area contributed by atoms with Gasteiger partial charge in [-0.3, -0.25) is 0 Å². The average molecular weight is 216 g/mol. The number of aromatic nitrogens is 3. The molecular formula is C11H12N4O. The Hall–Kier alpha value is -2.09. The first-order chi connectivity index (χ1) is 7.72. The minimum absolute atomic E-state index is 0.448. The Morgan fingerprint density at radius 1 is 1.56 bits per heavy atom. The molecule has 16 heavy (non-hydrogen) atoms. The zero-order valence-electron chi connectivity index (χ0n) is 9.48. The van der Waals surface area contributed by atoms with E-state index < -0.39 is 0 Å². The number of aryl methyl sites for hydroxylation is 1. The minimum atomic E-state index is 0.448. The summed E-state index contributed by atoms with van der Waals surface area (Å²) >= 11 is 0. The van der Waals surface area contributed by atoms with Crippen LogP contribution in [0, 0.1) is 13.5 Å². The highest BCUT2D eigenvalue weighted by molar-refractivity contribution is 5.69. The molecule has 2 heterocycles. The number of hydrogen-bond acceptors (Lipinski definition) is 3. The number of fused-ring (bicyclic) bond motifs is 1. The van der Waals surface area contributed by atoms with Gasteiger partial charge in [-0.2, -0.15) is 9.61 Å². The van der Waals surface area contributed by atoms with Gasteiger partial charge in [0, 0.05) is 11.3 Å². The van der Waals surface area contributed by atoms with Crippen LogP contribution in [0.5, 0.6) is 5.88 Å². The van der Waals surface area contributed by atoms with Gasteiger partial charge < -0.3 is 4.74 Å². The van der Waals surface area contributed by atoms with Gasteiger partial charge in [-0.25, -0.2) is 9.83 Å². The summed E-state index contributed by atoms with van der Waals surface area (Å²) in [5.74, 6) is 0.667. The predicted molar refractivity (Wildman–Crippen MR) is 59.9 cm³/mol. The fourth-order valence-corrected chi connectivity index (χ4v) is 1.79. The second kappa shape index (κ2) is 3.81. The molecule has 0 saturated carbocycles. The molecule has 2 rings (SSSR count). The highest BCUT2D eigenvalue weighted by Crippen LogP contribution is 2.27. The summed E-state index contributed by atoms with van der Waals surface area (Å²) < 4.78 is 6.93. The first-order valence-corrected chi connectivity index (χ1v) is 5.01. The van der Waals surface area contributed by atoms with Crippen LogP contribution in [0.25, 0.3) is 10.5 Å². The topological polar surface area (TPSA) is 43.8 Å². The third-order valence-electron chi connectivity index (χ3n) is 2.55. The van der Waals surface area contributed by atoms with E-state index in [0.29, 0.717) is 17.2 Å². The van der Waals surface area contributed by atoms with E-state index in [-0.39, 0.29) is 0 Å². The van der Waals surface area contributed by atoms with Crippen LogP contribution in [0.1, 0.15) is 18.2 Å². The van der Waals surface area contributed by atoms with Gasteiger partial charge in [-0.15, -0.1) is 0 Å². The maximum absolute atomic E-state index is 7.03. The van der Waals surface area contributed by atoms with Crippen molar-refractivity contribution in [1.29, 1.82) is 0 Å². The third kappa shape index (κ3) is 1.31. The van der Waals surface area contributed by atoms with Crippen LogP contribution in [-0.4, -0.2) is 21.7 Å². The van der Waals surface area contributed by atoms with Crippen molar-refractivity contribution in [3.8, 4) is 5.88 Å². The SMILES string of the molecule is [C-]#[N+]c1cnn2c(OC)c(CC)c(C)nc12. The van der Waals surface area contributed by atoms with Gasteiger partial charge in [0.1, 0.15) is 0 Å². The summed E-state index contributed by atoms with van der Waals surface area (Å²) in [6.07, 6.45) is 2.34. The zero-order chi connectivity index (χ0) is 11.7. The molecule has 0 bridgehead atoms. The number of methoxy groups -OCH3 is 1. The van der Waals surface area contributed by atoms with E-state index in [1.165, 1.54) is 6.20 Å². The van der Waals surface area contributed by atoms with Crippen LogP contribution in [-0.2, 0) is 6.42 Å². The van der Waals surface area contributed by atoms with Crippen molar-refractivity contribution in [1.82, 2.24) is 14.6 Å². The van der Waals surface area contributed by atoms with Crippen molar-refractivity contribution in [3.63, 3.8) is 0 Å². The molecular weight excluding hydrogens is 204 g/mol. The van der Waals surface area contributed by atoms with Crippen molar-refractivity contribution < 1.29 is 4.74 Å². The van der Waals surface area contributed by atoms with Crippen LogP contribution in [0.15, 0.2) is 6.20 Å². The Labute approximate surface area is 93.5 Å². The van der Waals surface area contributed by atoms with Crippen LogP contribution < -0.4 is 4.74 Å². The normalized spacial score (nSPS) is 10.4. The summed E-state index contributed by atoms with van der Waals surface area (Å²) in [7, 11) is 1.60. The Morgan fingerprint density at radius 2 is 2.31 bits per heavy atom. The zero-order valence-corrected chi connectivity index (χ0v) is 9.48. The molecule has 5 heteroatoms. The summed E-state index contributed by atoms with van der Waals surface area (Å²) in [5.41, 5.74) is 2.91. The molecule has 2 aromatic heterocycles. The first-order valence-electron chi connectivity index (χ1n) is 5.01. The Balaban J connectivity index is 2.87. The molecule has 0 aliphatic rings. The Bertz CT molecular complexity index is 580. The molecule has 0 N–H and O–H groups in total. The molecule has 0 radical (unpaired) electrons. The van der Waals surface area contributed by atoms with Crippen molar-refractivity contribution >= 4 is 11.3 Å². The lowest BCUT2D eigenvalue weighted by Crippen LogP contribution is -2.04. The molecule has 2 aromatic rings. The van der Waals surface area contributed by atoms with E-state index in [1.807, 2.05) is 13.8 Å². The second-order valence-corrected chi connectivity index (χ2v) is 3.42. The fraction of sp³-hybridized carbons (Fsp3) is 0.364. The van der Waals surface area contributed by atoms with Gasteiger partial charge in [-0.1, -0.05) is 6.92 Å². The Morgan fingerprint density at radius 3 is 2.88 bits per heavy atom. The lowest BCUT2D eigenvalue weighted by molar-refractivity contribution is 0.379. The van der Waals surface area contributed by atoms with E-state index in [0.717, 1.165) is 17.7 Å². The molecule has 0 aliphatic heterocycles. The van der Waals surface area contributed by atoms with Crippen molar-refractivity contribution in [2.24, 2.45) is 0 Å². The molecule has 0 fully saturated rings. The number of rotatable bonds is 2. The smallest absolute Gasteiger partial charge is 0.250 e. The molecule has 82 valence electrons. The lowest BCUT2D eigenvalue weighted by Gasteiger charge is -2.11. The number of hydrogen-bond donors (Lipinski definition) is 0. The number of nitrogens with zero attached hydrogens (tertiary/aromatic N) is 4. The molecule has 0 saturated heterocycles. The molecule has 0 atom stereocenters. The van der Waals surface area contributed by atoms with Crippen molar-refractivity contribution in [2.75, 3.05) is 7.11 Å². The molecule has 0 spiro atoms. The molecule has 0 aromatic carbocycles. The van der Waals surface area contributed by atoms with Crippen molar-refractivity contribution in [3.05, 3.63) is 28.9 Å². The van der Waals surface area contributed by atoms with Crippen LogP contribution in [0.4, 0.5) is 5.69 Å². The average Bonchev–Trinajstić information content (AvgIpc) is 2.69. The lowest BCUT2D eigenvalue weighted by atomic mass is 10.2. The van der Waals surface area contributed by atoms with E-state index in [1.54, 1.807) is 11.6 Å². The first kappa shape index (κ1) is 10.4. The summed E-state index contributed by atoms with van der Waals surface area (Å²) in [6, 6.07) is 0. The van der Waals surface area contributed by atoms with Crippen molar-refractivity contribution in [2.45, 2.75) is 20.3 Å². The van der Waals surface area contributed by atoms with Gasteiger partial charge >= 0.3 is 0 Å². The van der Waals surface area contributed by atoms with E-state index in [9.17, 15) is 0 Å². The maximum atomic E-state index is 7.03. The van der Waals surface area contributed by atoms with Gasteiger partial charge in [-0.05, 0) is 13.3 Å². The summed E-state index contributed by atoms with van der Waals surface area (Å²) in [5, 5.41) is 4.13. The highest BCUT2D eigenvalue weighted by Gasteiger charge is 2.15. The number of ether oxygens (including phenoxy) is 1. The standard InChI is InChI=1S/C11H12N4O/c1-5-8-7(2)14-10-9(12-3)6-13-15(10)11(8)16-4/h6H,5H2,1-2,4H3. The highest BCUT2D eigenvalue weighted by atomic mass is 16.5. The van der Waals surface area contributed by atoms with Gasteiger partial charge in [0.2, 0.25) is 11.6 Å². The van der Waals surface area contributed by atoms with Crippen LogP contribution in [0.3, 0.4) is 0 Å². The Kier molecular flexibility index (Phi) is 2.49. The molecule has 0 amide bonds. The second-order valence-electron chi connectivity index (χ2n) is 3.42. The van der Waals surface area contributed by atoms with E-state index >= 15 is 0 Å². The van der Waals surface area contributed by atoms with Gasteiger partial charge in [0.15, 0.2) is 5.65 Å². The largest absolute Gasteiger partial charge is 0.481 e. The third-order valence-corrected chi connectivity index (χ3v) is 2.55. The summed E-state index contributed by atoms with van der Waals surface area (Å²) in [6.45, 7) is 11.0.